The fourth-order valence-electron chi connectivity index (χ4n) is 2.07. The van der Waals surface area contributed by atoms with Crippen LogP contribution in [0.4, 0.5) is 0 Å². The average Bonchev–Trinajstić information content (AvgIpc) is 2.95. The molecular weight excluding hydrogens is 244 g/mol. The van der Waals surface area contributed by atoms with E-state index in [1.165, 1.54) is 6.42 Å². The molecule has 1 aromatic rings. The van der Waals surface area contributed by atoms with Gasteiger partial charge in [-0.2, -0.15) is 5.10 Å². The number of nitrogens with one attached hydrogen (secondary N) is 1. The molecule has 1 aromatic heterocycles. The highest BCUT2D eigenvalue weighted by atomic mass is 32.2. The molecule has 1 fully saturated rings. The highest BCUT2D eigenvalue weighted by Crippen LogP contribution is 2.18. The van der Waals surface area contributed by atoms with Crippen LogP contribution in [0.3, 0.4) is 0 Å². The molecule has 4 nitrogen and oxygen atoms in total. The highest BCUT2D eigenvalue weighted by Gasteiger charge is 2.20. The minimum atomic E-state index is 0.611. The van der Waals surface area contributed by atoms with Crippen LogP contribution in [0.15, 0.2) is 23.5 Å². The quantitative estimate of drug-likeness (QED) is 0.804. The van der Waals surface area contributed by atoms with Gasteiger partial charge in [-0.15, -0.1) is 0 Å². The molecule has 0 radical (unpaired) electrons. The Morgan fingerprint density at radius 3 is 3.22 bits per heavy atom. The lowest BCUT2D eigenvalue weighted by molar-refractivity contribution is 0.502. The summed E-state index contributed by atoms with van der Waals surface area (Å²) in [5, 5.41) is 8.81. The van der Waals surface area contributed by atoms with Gasteiger partial charge in [-0.3, -0.25) is 9.67 Å². The van der Waals surface area contributed by atoms with E-state index in [1.54, 1.807) is 0 Å². The zero-order valence-electron chi connectivity index (χ0n) is 11.2. The Balaban J connectivity index is 1.65. The minimum absolute atomic E-state index is 0.611. The third kappa shape index (κ3) is 4.37. The van der Waals surface area contributed by atoms with Gasteiger partial charge in [0, 0.05) is 37.3 Å². The van der Waals surface area contributed by atoms with Crippen LogP contribution in [-0.4, -0.2) is 33.3 Å². The molecule has 1 aliphatic heterocycles. The van der Waals surface area contributed by atoms with Crippen molar-refractivity contribution < 1.29 is 0 Å². The van der Waals surface area contributed by atoms with Crippen molar-refractivity contribution in [3.05, 3.63) is 18.5 Å². The van der Waals surface area contributed by atoms with Crippen molar-refractivity contribution in [3.63, 3.8) is 0 Å². The van der Waals surface area contributed by atoms with E-state index in [1.807, 2.05) is 34.9 Å². The lowest BCUT2D eigenvalue weighted by Gasteiger charge is -2.11. The summed E-state index contributed by atoms with van der Waals surface area (Å²) in [4.78, 5) is 4.61. The maximum Gasteiger partial charge on any atom is 0.156 e. The van der Waals surface area contributed by atoms with E-state index in [9.17, 15) is 0 Å². The van der Waals surface area contributed by atoms with Crippen molar-refractivity contribution in [3.8, 4) is 0 Å². The summed E-state index contributed by atoms with van der Waals surface area (Å²) in [6, 6.07) is 2.57. The van der Waals surface area contributed by atoms with E-state index in [-0.39, 0.29) is 0 Å². The van der Waals surface area contributed by atoms with Gasteiger partial charge in [0.05, 0.1) is 0 Å². The molecule has 2 rings (SSSR count). The lowest BCUT2D eigenvalue weighted by atomic mass is 10.1. The summed E-state index contributed by atoms with van der Waals surface area (Å²) in [5.74, 6) is 1.91. The van der Waals surface area contributed by atoms with E-state index >= 15 is 0 Å². The molecule has 18 heavy (non-hydrogen) atoms. The Kier molecular flexibility index (Phi) is 5.11. The first kappa shape index (κ1) is 13.5. The van der Waals surface area contributed by atoms with E-state index in [0.29, 0.717) is 6.04 Å². The topological polar surface area (TPSA) is 42.2 Å². The molecule has 0 aromatic carbocycles. The van der Waals surface area contributed by atoms with Gasteiger partial charge >= 0.3 is 0 Å². The zero-order valence-corrected chi connectivity index (χ0v) is 12.0. The van der Waals surface area contributed by atoms with Crippen LogP contribution >= 0.6 is 11.8 Å². The SMILES string of the molecule is CC(C)CC1CSC(=NCCCn2cccn2)N1. The number of thioether (sulfide) groups is 1. The zero-order chi connectivity index (χ0) is 12.8. The molecule has 2 heterocycles. The Labute approximate surface area is 113 Å². The van der Waals surface area contributed by atoms with Gasteiger partial charge in [0.15, 0.2) is 5.17 Å². The third-order valence-corrected chi connectivity index (χ3v) is 3.95. The van der Waals surface area contributed by atoms with Gasteiger partial charge in [-0.05, 0) is 24.8 Å². The van der Waals surface area contributed by atoms with Crippen molar-refractivity contribution in [2.45, 2.75) is 39.3 Å². The summed E-state index contributed by atoms with van der Waals surface area (Å²) in [5.41, 5.74) is 0. The Morgan fingerprint density at radius 1 is 1.61 bits per heavy atom. The molecule has 5 heteroatoms. The van der Waals surface area contributed by atoms with Gasteiger partial charge in [-0.25, -0.2) is 0 Å². The standard InChI is InChI=1S/C13H22N4S/c1-11(2)9-12-10-18-13(16-12)14-5-3-7-17-8-4-6-15-17/h4,6,8,11-12H,3,5,7,9-10H2,1-2H3,(H,14,16). The van der Waals surface area contributed by atoms with Crippen LogP contribution in [0.5, 0.6) is 0 Å². The average molecular weight is 266 g/mol. The Hall–Kier alpha value is -0.970. The summed E-state index contributed by atoms with van der Waals surface area (Å²) in [6.07, 6.45) is 6.09. The minimum Gasteiger partial charge on any atom is -0.361 e. The molecule has 1 aliphatic rings. The molecule has 0 bridgehead atoms. The predicted molar refractivity (Wildman–Crippen MR) is 78.0 cm³/mol. The van der Waals surface area contributed by atoms with E-state index < -0.39 is 0 Å². The summed E-state index contributed by atoms with van der Waals surface area (Å²) >= 11 is 1.86. The van der Waals surface area contributed by atoms with Crippen molar-refractivity contribution in [2.75, 3.05) is 12.3 Å². The largest absolute Gasteiger partial charge is 0.361 e. The first-order valence-electron chi connectivity index (χ1n) is 6.65. The molecule has 1 atom stereocenters. The molecule has 100 valence electrons. The van der Waals surface area contributed by atoms with Gasteiger partial charge in [0.1, 0.15) is 0 Å². The second kappa shape index (κ2) is 6.83. The number of amidine groups is 1. The van der Waals surface area contributed by atoms with E-state index in [0.717, 1.165) is 36.3 Å². The Morgan fingerprint density at radius 2 is 2.50 bits per heavy atom. The van der Waals surface area contributed by atoms with Crippen LogP contribution in [0.2, 0.25) is 0 Å². The number of aliphatic imine (C=N–C) groups is 1. The number of rotatable bonds is 6. The maximum absolute atomic E-state index is 4.61. The van der Waals surface area contributed by atoms with E-state index in [4.69, 9.17) is 0 Å². The lowest BCUT2D eigenvalue weighted by Crippen LogP contribution is -2.28. The van der Waals surface area contributed by atoms with Crippen LogP contribution in [0, 0.1) is 5.92 Å². The van der Waals surface area contributed by atoms with Crippen LogP contribution in [0.1, 0.15) is 26.7 Å². The Bertz CT molecular complexity index is 372. The van der Waals surface area contributed by atoms with Crippen molar-refractivity contribution in [1.82, 2.24) is 15.1 Å². The van der Waals surface area contributed by atoms with Crippen LogP contribution < -0.4 is 5.32 Å². The number of hydrogen-bond donors (Lipinski definition) is 1. The van der Waals surface area contributed by atoms with Gasteiger partial charge < -0.3 is 5.32 Å². The molecule has 0 spiro atoms. The maximum atomic E-state index is 4.61. The predicted octanol–water partition coefficient (Wildman–Crippen LogP) is 2.38. The molecule has 1 N–H and O–H groups in total. The monoisotopic (exact) mass is 266 g/mol. The number of aromatic nitrogens is 2. The number of nitrogens with zero attached hydrogens (tertiary/aromatic N) is 3. The first-order chi connectivity index (χ1) is 8.74. The van der Waals surface area contributed by atoms with Crippen LogP contribution in [0.25, 0.3) is 0 Å². The van der Waals surface area contributed by atoms with Gasteiger partial charge in [0.25, 0.3) is 0 Å². The fourth-order valence-corrected chi connectivity index (χ4v) is 3.08. The molecule has 0 saturated carbocycles. The molecule has 1 saturated heterocycles. The third-order valence-electron chi connectivity index (χ3n) is 2.86. The molecule has 0 aliphatic carbocycles. The van der Waals surface area contributed by atoms with Crippen molar-refractivity contribution in [1.29, 1.82) is 0 Å². The second-order valence-corrected chi connectivity index (χ2v) is 6.10. The number of hydrogen-bond acceptors (Lipinski definition) is 3. The summed E-state index contributed by atoms with van der Waals surface area (Å²) < 4.78 is 1.96. The van der Waals surface area contributed by atoms with Crippen molar-refractivity contribution >= 4 is 16.9 Å². The van der Waals surface area contributed by atoms with Gasteiger partial charge in [0.2, 0.25) is 0 Å². The van der Waals surface area contributed by atoms with Crippen LogP contribution in [-0.2, 0) is 6.54 Å². The van der Waals surface area contributed by atoms with Gasteiger partial charge in [-0.1, -0.05) is 25.6 Å². The van der Waals surface area contributed by atoms with Crippen molar-refractivity contribution in [2.24, 2.45) is 10.9 Å². The summed E-state index contributed by atoms with van der Waals surface area (Å²) in [7, 11) is 0. The fraction of sp³-hybridized carbons (Fsp3) is 0.692. The normalized spacial score (nSPS) is 21.7. The highest BCUT2D eigenvalue weighted by molar-refractivity contribution is 8.14. The second-order valence-electron chi connectivity index (χ2n) is 5.09. The van der Waals surface area contributed by atoms with E-state index in [2.05, 4.69) is 29.3 Å². The first-order valence-corrected chi connectivity index (χ1v) is 7.64. The number of aryl methyl sites for hydroxylation is 1. The molecule has 0 amide bonds. The smallest absolute Gasteiger partial charge is 0.156 e. The molecule has 1 unspecified atom stereocenters. The summed E-state index contributed by atoms with van der Waals surface area (Å²) in [6.45, 7) is 6.37. The molecular formula is C13H22N4S.